The maximum Gasteiger partial charge on any atom is 0.261 e. The van der Waals surface area contributed by atoms with E-state index in [1.807, 2.05) is 12.1 Å². The quantitative estimate of drug-likeness (QED) is 0.842. The Bertz CT molecular complexity index is 592. The topological polar surface area (TPSA) is 49.4 Å². The average molecular weight is 272 g/mol. The van der Waals surface area contributed by atoms with Crippen molar-refractivity contribution >= 4 is 17.5 Å². The predicted octanol–water partition coefficient (Wildman–Crippen LogP) is 2.90. The van der Waals surface area contributed by atoms with Crippen molar-refractivity contribution < 1.29 is 9.59 Å². The van der Waals surface area contributed by atoms with E-state index in [0.29, 0.717) is 17.2 Å². The lowest BCUT2D eigenvalue weighted by atomic mass is 9.87. The Hall–Kier alpha value is -1.84. The second kappa shape index (κ2) is 4.33. The molecule has 0 radical (unpaired) electrons. The van der Waals surface area contributed by atoms with Gasteiger partial charge in [-0.3, -0.25) is 14.5 Å². The molecule has 3 rings (SSSR count). The van der Waals surface area contributed by atoms with Gasteiger partial charge in [0.15, 0.2) is 0 Å². The summed E-state index contributed by atoms with van der Waals surface area (Å²) < 4.78 is 0. The van der Waals surface area contributed by atoms with Crippen LogP contribution >= 0.6 is 0 Å². The molecule has 1 aromatic carbocycles. The third kappa shape index (κ3) is 1.90. The number of amides is 2. The van der Waals surface area contributed by atoms with Crippen LogP contribution in [0.1, 0.15) is 53.8 Å². The number of hydrogen-bond donors (Lipinski definition) is 1. The largest absolute Gasteiger partial charge is 0.382 e. The standard InChI is InChI=1S/C16H20N2O2/c1-16(2)8-4-5-13(16)17-10-6-7-11-12(9-10)15(20)18(3)14(11)19/h6-7,9,13,17H,4-5,8H2,1-3H3. The summed E-state index contributed by atoms with van der Waals surface area (Å²) in [6, 6.07) is 5.89. The molecule has 0 saturated heterocycles. The van der Waals surface area contributed by atoms with Crippen LogP contribution in [0.2, 0.25) is 0 Å². The first-order chi connectivity index (χ1) is 9.40. The Balaban J connectivity index is 1.88. The molecule has 2 amide bonds. The Morgan fingerprint density at radius 3 is 2.55 bits per heavy atom. The summed E-state index contributed by atoms with van der Waals surface area (Å²) in [7, 11) is 1.53. The second-order valence-electron chi connectivity index (χ2n) is 6.51. The van der Waals surface area contributed by atoms with Gasteiger partial charge in [0.25, 0.3) is 11.8 Å². The zero-order valence-corrected chi connectivity index (χ0v) is 12.2. The fourth-order valence-corrected chi connectivity index (χ4v) is 3.25. The molecular weight excluding hydrogens is 252 g/mol. The first kappa shape index (κ1) is 13.2. The number of nitrogens with zero attached hydrogens (tertiary/aromatic N) is 1. The highest BCUT2D eigenvalue weighted by Crippen LogP contribution is 2.39. The van der Waals surface area contributed by atoms with E-state index in [-0.39, 0.29) is 17.2 Å². The van der Waals surface area contributed by atoms with Crippen molar-refractivity contribution in [2.45, 2.75) is 39.2 Å². The number of carbonyl (C=O) groups is 2. The molecule has 1 aliphatic carbocycles. The van der Waals surface area contributed by atoms with Gasteiger partial charge in [-0.25, -0.2) is 0 Å². The number of fused-ring (bicyclic) bond motifs is 1. The highest BCUT2D eigenvalue weighted by atomic mass is 16.2. The summed E-state index contributed by atoms with van der Waals surface area (Å²) in [5.41, 5.74) is 2.22. The molecule has 0 aromatic heterocycles. The lowest BCUT2D eigenvalue weighted by Crippen LogP contribution is -2.30. The number of carbonyl (C=O) groups excluding carboxylic acids is 2. The minimum atomic E-state index is -0.210. The number of benzene rings is 1. The van der Waals surface area contributed by atoms with Gasteiger partial charge in [-0.05, 0) is 36.5 Å². The van der Waals surface area contributed by atoms with Gasteiger partial charge in [0.1, 0.15) is 0 Å². The van der Waals surface area contributed by atoms with E-state index in [1.165, 1.54) is 24.8 Å². The summed E-state index contributed by atoms with van der Waals surface area (Å²) in [4.78, 5) is 25.0. The maximum atomic E-state index is 12.0. The van der Waals surface area contributed by atoms with Gasteiger partial charge >= 0.3 is 0 Å². The second-order valence-corrected chi connectivity index (χ2v) is 6.51. The molecule has 2 aliphatic rings. The zero-order valence-electron chi connectivity index (χ0n) is 12.2. The number of nitrogens with one attached hydrogen (secondary N) is 1. The molecule has 1 saturated carbocycles. The third-order valence-corrected chi connectivity index (χ3v) is 4.69. The Labute approximate surface area is 119 Å². The third-order valence-electron chi connectivity index (χ3n) is 4.69. The van der Waals surface area contributed by atoms with Crippen LogP contribution in [0.15, 0.2) is 18.2 Å². The lowest BCUT2D eigenvalue weighted by molar-refractivity contribution is 0.0693. The number of rotatable bonds is 2. The molecular formula is C16H20N2O2. The van der Waals surface area contributed by atoms with Crippen LogP contribution in [0.4, 0.5) is 5.69 Å². The van der Waals surface area contributed by atoms with Crippen LogP contribution in [0.5, 0.6) is 0 Å². The van der Waals surface area contributed by atoms with Gasteiger partial charge in [0, 0.05) is 18.8 Å². The van der Waals surface area contributed by atoms with Crippen molar-refractivity contribution in [2.24, 2.45) is 5.41 Å². The molecule has 106 valence electrons. The van der Waals surface area contributed by atoms with Crippen LogP contribution in [-0.4, -0.2) is 29.8 Å². The van der Waals surface area contributed by atoms with Gasteiger partial charge in [0.05, 0.1) is 11.1 Å². The van der Waals surface area contributed by atoms with Crippen LogP contribution in [0.25, 0.3) is 0 Å². The predicted molar refractivity (Wildman–Crippen MR) is 77.9 cm³/mol. The Morgan fingerprint density at radius 1 is 1.20 bits per heavy atom. The Morgan fingerprint density at radius 2 is 1.90 bits per heavy atom. The molecule has 4 heteroatoms. The van der Waals surface area contributed by atoms with Crippen molar-refractivity contribution in [2.75, 3.05) is 12.4 Å². The monoisotopic (exact) mass is 272 g/mol. The van der Waals surface area contributed by atoms with Gasteiger partial charge in [-0.15, -0.1) is 0 Å². The molecule has 1 aromatic rings. The molecule has 1 atom stereocenters. The fourth-order valence-electron chi connectivity index (χ4n) is 3.25. The Kier molecular flexibility index (Phi) is 2.85. The van der Waals surface area contributed by atoms with E-state index in [0.717, 1.165) is 12.1 Å². The summed E-state index contributed by atoms with van der Waals surface area (Å²) in [6.45, 7) is 4.54. The fraction of sp³-hybridized carbons (Fsp3) is 0.500. The highest BCUT2D eigenvalue weighted by Gasteiger charge is 2.36. The minimum absolute atomic E-state index is 0.209. The van der Waals surface area contributed by atoms with Crippen LogP contribution < -0.4 is 5.32 Å². The van der Waals surface area contributed by atoms with E-state index >= 15 is 0 Å². The van der Waals surface area contributed by atoms with Gasteiger partial charge < -0.3 is 5.32 Å². The van der Waals surface area contributed by atoms with E-state index in [9.17, 15) is 9.59 Å². The average Bonchev–Trinajstić information content (AvgIpc) is 2.84. The molecule has 0 spiro atoms. The van der Waals surface area contributed by atoms with E-state index in [2.05, 4.69) is 19.2 Å². The van der Waals surface area contributed by atoms with Crippen LogP contribution in [-0.2, 0) is 0 Å². The smallest absolute Gasteiger partial charge is 0.261 e. The molecule has 20 heavy (non-hydrogen) atoms. The van der Waals surface area contributed by atoms with Crippen molar-refractivity contribution in [3.63, 3.8) is 0 Å². The molecule has 1 fully saturated rings. The molecule has 1 unspecified atom stereocenters. The molecule has 1 heterocycles. The van der Waals surface area contributed by atoms with Crippen LogP contribution in [0.3, 0.4) is 0 Å². The van der Waals surface area contributed by atoms with Crippen molar-refractivity contribution in [3.05, 3.63) is 29.3 Å². The molecule has 1 N–H and O–H groups in total. The van der Waals surface area contributed by atoms with Crippen molar-refractivity contribution in [1.82, 2.24) is 4.90 Å². The minimum Gasteiger partial charge on any atom is -0.382 e. The molecule has 4 nitrogen and oxygen atoms in total. The summed E-state index contributed by atoms with van der Waals surface area (Å²) in [5, 5.41) is 3.53. The van der Waals surface area contributed by atoms with Crippen molar-refractivity contribution in [1.29, 1.82) is 0 Å². The van der Waals surface area contributed by atoms with E-state index in [4.69, 9.17) is 0 Å². The number of hydrogen-bond acceptors (Lipinski definition) is 3. The van der Waals surface area contributed by atoms with Gasteiger partial charge in [-0.1, -0.05) is 20.3 Å². The van der Waals surface area contributed by atoms with E-state index < -0.39 is 0 Å². The molecule has 1 aliphatic heterocycles. The normalized spacial score (nSPS) is 24.1. The highest BCUT2D eigenvalue weighted by molar-refractivity contribution is 6.21. The van der Waals surface area contributed by atoms with Crippen molar-refractivity contribution in [3.8, 4) is 0 Å². The van der Waals surface area contributed by atoms with E-state index in [1.54, 1.807) is 6.07 Å². The summed E-state index contributed by atoms with van der Waals surface area (Å²) in [5.74, 6) is -0.419. The molecule has 0 bridgehead atoms. The number of imide groups is 1. The number of anilines is 1. The zero-order chi connectivity index (χ0) is 14.5. The van der Waals surface area contributed by atoms with Gasteiger partial charge in [-0.2, -0.15) is 0 Å². The van der Waals surface area contributed by atoms with Gasteiger partial charge in [0.2, 0.25) is 0 Å². The first-order valence-electron chi connectivity index (χ1n) is 7.13. The SMILES string of the molecule is CN1C(=O)c2ccc(NC3CCCC3(C)C)cc2C1=O. The summed E-state index contributed by atoms with van der Waals surface area (Å²) >= 11 is 0. The first-order valence-corrected chi connectivity index (χ1v) is 7.13. The summed E-state index contributed by atoms with van der Waals surface area (Å²) in [6.07, 6.45) is 3.60. The lowest BCUT2D eigenvalue weighted by Gasteiger charge is -2.28. The van der Waals surface area contributed by atoms with Crippen LogP contribution in [0, 0.1) is 5.41 Å². The maximum absolute atomic E-state index is 12.0.